The zero-order chi connectivity index (χ0) is 20.6. The highest BCUT2D eigenvalue weighted by Crippen LogP contribution is 2.62. The van der Waals surface area contributed by atoms with Gasteiger partial charge in [0.15, 0.2) is 23.0 Å². The Morgan fingerprint density at radius 3 is 2.73 bits per heavy atom. The van der Waals surface area contributed by atoms with Crippen molar-refractivity contribution in [1.82, 2.24) is 4.90 Å². The molecule has 4 heterocycles. The molecule has 2 aromatic rings. The van der Waals surface area contributed by atoms with Gasteiger partial charge in [0.1, 0.15) is 11.9 Å². The summed E-state index contributed by atoms with van der Waals surface area (Å²) in [6.45, 7) is 0.931. The number of piperidine rings is 1. The fourth-order valence-electron chi connectivity index (χ4n) is 5.98. The van der Waals surface area contributed by atoms with Crippen LogP contribution in [0.3, 0.4) is 0 Å². The highest BCUT2D eigenvalue weighted by atomic mass is 16.7. The molecular weight excluding hydrogens is 386 g/mol. The number of fused-ring (bicyclic) bond motifs is 4. The van der Waals surface area contributed by atoms with Crippen molar-refractivity contribution in [2.75, 3.05) is 27.6 Å². The normalized spacial score (nSPS) is 28.4. The van der Waals surface area contributed by atoms with Gasteiger partial charge in [-0.1, -0.05) is 6.07 Å². The summed E-state index contributed by atoms with van der Waals surface area (Å²) in [5.41, 5.74) is 2.90. The van der Waals surface area contributed by atoms with Crippen molar-refractivity contribution in [1.29, 1.82) is 0 Å². The highest BCUT2D eigenvalue weighted by Gasteiger charge is 2.60. The molecule has 3 atom stereocenters. The Hall–Kier alpha value is -2.77. The van der Waals surface area contributed by atoms with E-state index in [4.69, 9.17) is 18.9 Å². The van der Waals surface area contributed by atoms with E-state index in [0.29, 0.717) is 23.7 Å². The molecule has 1 N–H and O–H groups in total. The summed E-state index contributed by atoms with van der Waals surface area (Å²) in [5, 5.41) is 11.8. The summed E-state index contributed by atoms with van der Waals surface area (Å²) < 4.78 is 22.4. The van der Waals surface area contributed by atoms with Gasteiger partial charge in [-0.25, -0.2) is 0 Å². The van der Waals surface area contributed by atoms with Crippen LogP contribution in [0.5, 0.6) is 23.0 Å². The van der Waals surface area contributed by atoms with E-state index in [1.165, 1.54) is 0 Å². The molecule has 0 spiro atoms. The molecule has 7 nitrogen and oxygen atoms in total. The van der Waals surface area contributed by atoms with Crippen LogP contribution in [0, 0.1) is 0 Å². The Morgan fingerprint density at radius 2 is 1.97 bits per heavy atom. The van der Waals surface area contributed by atoms with Crippen molar-refractivity contribution in [2.45, 2.75) is 36.9 Å². The summed E-state index contributed by atoms with van der Waals surface area (Å²) in [7, 11) is 3.20. The SMILES string of the molecule is COc1ccc2c(c1OC)C1CC(=O)CC3(c4cc5c(cc4CCN13)OCO5)C2O. The van der Waals surface area contributed by atoms with Crippen LogP contribution in [0.15, 0.2) is 24.3 Å². The summed E-state index contributed by atoms with van der Waals surface area (Å²) >= 11 is 0. The predicted molar refractivity (Wildman–Crippen MR) is 106 cm³/mol. The quantitative estimate of drug-likeness (QED) is 0.817. The van der Waals surface area contributed by atoms with E-state index >= 15 is 0 Å². The number of aliphatic hydroxyl groups is 1. The number of benzene rings is 2. The maximum atomic E-state index is 13.0. The zero-order valence-electron chi connectivity index (χ0n) is 16.9. The Kier molecular flexibility index (Phi) is 3.68. The van der Waals surface area contributed by atoms with Crippen LogP contribution in [0.2, 0.25) is 0 Å². The first kappa shape index (κ1) is 18.0. The third kappa shape index (κ3) is 2.09. The topological polar surface area (TPSA) is 77.5 Å². The number of rotatable bonds is 2. The molecule has 4 aliphatic heterocycles. The molecular formula is C23H23NO6. The molecule has 0 aliphatic carbocycles. The first-order valence-corrected chi connectivity index (χ1v) is 10.2. The van der Waals surface area contributed by atoms with Crippen LogP contribution in [0.4, 0.5) is 0 Å². The molecule has 0 radical (unpaired) electrons. The summed E-state index contributed by atoms with van der Waals surface area (Å²) in [6.07, 6.45) is 0.593. The Bertz CT molecular complexity index is 1080. The molecule has 4 aliphatic rings. The van der Waals surface area contributed by atoms with Crippen LogP contribution in [-0.4, -0.2) is 43.3 Å². The van der Waals surface area contributed by atoms with Crippen LogP contribution in [0.25, 0.3) is 0 Å². The summed E-state index contributed by atoms with van der Waals surface area (Å²) in [6, 6.07) is 7.54. The van der Waals surface area contributed by atoms with E-state index in [1.54, 1.807) is 14.2 Å². The second-order valence-corrected chi connectivity index (χ2v) is 8.37. The molecule has 1 saturated heterocycles. The number of methoxy groups -OCH3 is 2. The molecule has 2 aromatic carbocycles. The number of ether oxygens (including phenoxy) is 4. The Labute approximate surface area is 174 Å². The minimum atomic E-state index is -0.882. The maximum absolute atomic E-state index is 13.0. The van der Waals surface area contributed by atoms with E-state index in [-0.39, 0.29) is 25.0 Å². The summed E-state index contributed by atoms with van der Waals surface area (Å²) in [4.78, 5) is 15.3. The van der Waals surface area contributed by atoms with Gasteiger partial charge in [-0.3, -0.25) is 9.69 Å². The predicted octanol–water partition coefficient (Wildman–Crippen LogP) is 2.64. The van der Waals surface area contributed by atoms with Gasteiger partial charge in [-0.05, 0) is 41.3 Å². The van der Waals surface area contributed by atoms with E-state index in [1.807, 2.05) is 24.3 Å². The highest BCUT2D eigenvalue weighted by molar-refractivity contribution is 5.84. The van der Waals surface area contributed by atoms with Crippen molar-refractivity contribution < 1.29 is 28.8 Å². The largest absolute Gasteiger partial charge is 0.493 e. The molecule has 0 amide bonds. The van der Waals surface area contributed by atoms with Crippen LogP contribution in [0.1, 0.15) is 47.2 Å². The van der Waals surface area contributed by atoms with Gasteiger partial charge in [-0.15, -0.1) is 0 Å². The van der Waals surface area contributed by atoms with Crippen molar-refractivity contribution in [3.63, 3.8) is 0 Å². The minimum absolute atomic E-state index is 0.135. The smallest absolute Gasteiger partial charge is 0.231 e. The third-order valence-corrected chi connectivity index (χ3v) is 7.16. The fourth-order valence-corrected chi connectivity index (χ4v) is 5.98. The monoisotopic (exact) mass is 409 g/mol. The number of Topliss-reactive ketones (excluding diaryl/α,β-unsaturated/α-hetero) is 1. The number of hydrogen-bond donors (Lipinski definition) is 1. The first-order valence-electron chi connectivity index (χ1n) is 10.2. The van der Waals surface area contributed by atoms with Gasteiger partial charge in [-0.2, -0.15) is 0 Å². The zero-order valence-corrected chi connectivity index (χ0v) is 16.9. The van der Waals surface area contributed by atoms with Gasteiger partial charge in [0, 0.05) is 31.0 Å². The summed E-state index contributed by atoms with van der Waals surface area (Å²) in [5.74, 6) is 2.74. The van der Waals surface area contributed by atoms with Crippen LogP contribution < -0.4 is 18.9 Å². The van der Waals surface area contributed by atoms with Gasteiger partial charge in [0.25, 0.3) is 0 Å². The number of nitrogens with zero attached hydrogens (tertiary/aromatic N) is 1. The van der Waals surface area contributed by atoms with Crippen molar-refractivity contribution in [2.24, 2.45) is 0 Å². The van der Waals surface area contributed by atoms with Crippen molar-refractivity contribution >= 4 is 5.78 Å². The van der Waals surface area contributed by atoms with Crippen LogP contribution >= 0.6 is 0 Å². The number of hydrogen-bond acceptors (Lipinski definition) is 7. The average Bonchev–Trinajstić information content (AvgIpc) is 3.22. The van der Waals surface area contributed by atoms with E-state index < -0.39 is 11.6 Å². The minimum Gasteiger partial charge on any atom is -0.493 e. The molecule has 0 aromatic heterocycles. The van der Waals surface area contributed by atoms with E-state index in [2.05, 4.69) is 4.90 Å². The molecule has 7 heteroatoms. The lowest BCUT2D eigenvalue weighted by Gasteiger charge is -2.59. The van der Waals surface area contributed by atoms with Gasteiger partial charge < -0.3 is 24.1 Å². The van der Waals surface area contributed by atoms with Crippen LogP contribution in [-0.2, 0) is 16.8 Å². The van der Waals surface area contributed by atoms with Crippen molar-refractivity contribution in [3.8, 4) is 23.0 Å². The maximum Gasteiger partial charge on any atom is 0.231 e. The lowest BCUT2D eigenvalue weighted by atomic mass is 9.63. The standard InChI is InChI=1S/C23H23NO6/c1-27-17-4-3-14-20(21(17)28-2)16-8-13(25)10-23(22(14)26)15-9-19-18(29-11-30-19)7-12(15)5-6-24(16)23/h3-4,7,9,16,22,26H,5-6,8,10-11H2,1-2H3. The van der Waals surface area contributed by atoms with Gasteiger partial charge in [0.05, 0.1) is 19.8 Å². The average molecular weight is 409 g/mol. The second kappa shape index (κ2) is 6.12. The molecule has 156 valence electrons. The molecule has 30 heavy (non-hydrogen) atoms. The third-order valence-electron chi connectivity index (χ3n) is 7.16. The Morgan fingerprint density at radius 1 is 1.17 bits per heavy atom. The lowest BCUT2D eigenvalue weighted by Crippen LogP contribution is -2.62. The second-order valence-electron chi connectivity index (χ2n) is 8.37. The van der Waals surface area contributed by atoms with E-state index in [0.717, 1.165) is 41.0 Å². The fraction of sp³-hybridized carbons (Fsp3) is 0.435. The lowest BCUT2D eigenvalue weighted by molar-refractivity contribution is -0.148. The van der Waals surface area contributed by atoms with Crippen molar-refractivity contribution in [3.05, 3.63) is 46.5 Å². The number of ketones is 1. The van der Waals surface area contributed by atoms with Gasteiger partial charge in [0.2, 0.25) is 6.79 Å². The van der Waals surface area contributed by atoms with E-state index in [9.17, 15) is 9.90 Å². The molecule has 6 rings (SSSR count). The first-order chi connectivity index (χ1) is 14.6. The number of carbonyl (C=O) groups excluding carboxylic acids is 1. The Balaban J connectivity index is 1.63. The molecule has 1 fully saturated rings. The molecule has 2 bridgehead atoms. The number of carbonyl (C=O) groups is 1. The molecule has 0 saturated carbocycles. The number of aliphatic hydroxyl groups excluding tert-OH is 1. The van der Waals surface area contributed by atoms with Gasteiger partial charge >= 0.3 is 0 Å². The molecule has 3 unspecified atom stereocenters.